The molecule has 1 aliphatic rings. The lowest BCUT2D eigenvalue weighted by Crippen LogP contribution is -2.41. The van der Waals surface area contributed by atoms with Crippen LogP contribution in [-0.4, -0.2) is 42.1 Å². The quantitative estimate of drug-likeness (QED) is 0.157. The molecule has 5 rings (SSSR count). The molecule has 4 aromatic rings. The summed E-state index contributed by atoms with van der Waals surface area (Å²) in [5, 5.41) is 2.24. The van der Waals surface area contributed by atoms with E-state index >= 15 is 0 Å². The number of ether oxygens (including phenoxy) is 2. The molecule has 1 fully saturated rings. The first kappa shape index (κ1) is 24.2. The van der Waals surface area contributed by atoms with E-state index < -0.39 is 24.3 Å². The smallest absolute Gasteiger partial charge is 0.490 e. The van der Waals surface area contributed by atoms with E-state index in [2.05, 4.69) is 75.2 Å². The molecule has 2 heterocycles. The van der Waals surface area contributed by atoms with E-state index in [-0.39, 0.29) is 13.2 Å². The number of para-hydroxylation sites is 1. The lowest BCUT2D eigenvalue weighted by Gasteiger charge is -2.32. The van der Waals surface area contributed by atoms with Crippen molar-refractivity contribution in [3.8, 4) is 11.4 Å². The first-order chi connectivity index (χ1) is 17.2. The highest BCUT2D eigenvalue weighted by molar-refractivity contribution is 6.62. The number of benzene rings is 3. The summed E-state index contributed by atoms with van der Waals surface area (Å²) in [7, 11) is -0.446. The average molecular weight is 483 g/mol. The number of esters is 1. The third-order valence-electron chi connectivity index (χ3n) is 7.07. The predicted molar refractivity (Wildman–Crippen MR) is 143 cm³/mol. The molecule has 7 heteroatoms. The number of nitrogens with zero attached hydrogens (tertiary/aromatic N) is 1. The molecule has 0 radical (unpaired) electrons. The highest BCUT2D eigenvalue weighted by Crippen LogP contribution is 2.38. The molecule has 0 atom stereocenters. The van der Waals surface area contributed by atoms with Gasteiger partial charge in [-0.2, -0.15) is 0 Å². The third kappa shape index (κ3) is 4.29. The second-order valence-corrected chi connectivity index (χ2v) is 9.93. The second kappa shape index (κ2) is 9.15. The van der Waals surface area contributed by atoms with E-state index in [4.69, 9.17) is 18.8 Å². The van der Waals surface area contributed by atoms with Gasteiger partial charge in [-0.1, -0.05) is 36.9 Å². The summed E-state index contributed by atoms with van der Waals surface area (Å²) in [4.78, 5) is 11.3. The summed E-state index contributed by atoms with van der Waals surface area (Å²) in [5.74, 6) is 0.236. The molecule has 1 aromatic heterocycles. The Morgan fingerprint density at radius 2 is 1.56 bits per heavy atom. The molecule has 0 spiro atoms. The van der Waals surface area contributed by atoms with Crippen molar-refractivity contribution in [3.63, 3.8) is 0 Å². The molecule has 1 saturated heterocycles. The molecule has 3 aromatic carbocycles. The number of aromatic nitrogens is 1. The van der Waals surface area contributed by atoms with Gasteiger partial charge in [0.2, 0.25) is 0 Å². The van der Waals surface area contributed by atoms with Gasteiger partial charge in [0.25, 0.3) is 0 Å². The van der Waals surface area contributed by atoms with Gasteiger partial charge in [0, 0.05) is 28.6 Å². The first-order valence-electron chi connectivity index (χ1n) is 12.1. The van der Waals surface area contributed by atoms with Crippen LogP contribution < -0.4 is 10.2 Å². The van der Waals surface area contributed by atoms with Crippen molar-refractivity contribution in [2.75, 3.05) is 13.2 Å². The van der Waals surface area contributed by atoms with E-state index in [1.54, 1.807) is 0 Å². The third-order valence-corrected chi connectivity index (χ3v) is 7.07. The molecule has 0 saturated carbocycles. The predicted octanol–water partition coefficient (Wildman–Crippen LogP) is 5.19. The normalized spacial score (nSPS) is 16.4. The van der Waals surface area contributed by atoms with Crippen molar-refractivity contribution < 1.29 is 23.6 Å². The van der Waals surface area contributed by atoms with Crippen LogP contribution in [0.15, 0.2) is 79.4 Å². The molecule has 0 aliphatic carbocycles. The van der Waals surface area contributed by atoms with Crippen molar-refractivity contribution >= 4 is 40.4 Å². The Hall–Kier alpha value is -3.55. The zero-order valence-electron chi connectivity index (χ0n) is 21.1. The zero-order chi connectivity index (χ0) is 25.5. The summed E-state index contributed by atoms with van der Waals surface area (Å²) >= 11 is 0. The Labute approximate surface area is 211 Å². The molecule has 0 N–H and O–H groups in total. The highest BCUT2D eigenvalue weighted by Gasteiger charge is 2.51. The molecule has 0 bridgehead atoms. The number of carbonyl (C=O) groups is 1. The zero-order valence-corrected chi connectivity index (χ0v) is 21.1. The van der Waals surface area contributed by atoms with Gasteiger partial charge in [-0.15, -0.1) is 0 Å². The van der Waals surface area contributed by atoms with Crippen LogP contribution in [0.4, 0.5) is 0 Å². The largest absolute Gasteiger partial charge is 0.494 e. The van der Waals surface area contributed by atoms with Gasteiger partial charge < -0.3 is 23.3 Å². The Morgan fingerprint density at radius 3 is 2.22 bits per heavy atom. The maximum atomic E-state index is 11.3. The van der Waals surface area contributed by atoms with E-state index in [9.17, 15) is 4.79 Å². The van der Waals surface area contributed by atoms with Gasteiger partial charge in [0.1, 0.15) is 19.0 Å². The summed E-state index contributed by atoms with van der Waals surface area (Å²) in [6.07, 6.45) is 1.14. The van der Waals surface area contributed by atoms with Crippen LogP contribution in [0.2, 0.25) is 0 Å². The molecule has 0 amide bonds. The van der Waals surface area contributed by atoms with E-state index in [1.165, 1.54) is 0 Å². The van der Waals surface area contributed by atoms with Crippen molar-refractivity contribution in [1.82, 2.24) is 4.57 Å². The number of hydrogen-bond acceptors (Lipinski definition) is 5. The number of rotatable bonds is 7. The minimum Gasteiger partial charge on any atom is -0.490 e. The Kier molecular flexibility index (Phi) is 6.14. The maximum absolute atomic E-state index is 11.3. The topological polar surface area (TPSA) is 58.9 Å². The van der Waals surface area contributed by atoms with Crippen LogP contribution >= 0.6 is 0 Å². The van der Waals surface area contributed by atoms with Crippen molar-refractivity contribution in [1.29, 1.82) is 0 Å². The van der Waals surface area contributed by atoms with Crippen LogP contribution in [0.25, 0.3) is 27.5 Å². The summed E-state index contributed by atoms with van der Waals surface area (Å²) in [6, 6.07) is 22.6. The molecule has 0 unspecified atom stereocenters. The van der Waals surface area contributed by atoms with Gasteiger partial charge in [-0.25, -0.2) is 4.79 Å². The van der Waals surface area contributed by atoms with Gasteiger partial charge in [0.05, 0.1) is 22.2 Å². The molecule has 36 heavy (non-hydrogen) atoms. The molecular weight excluding hydrogens is 453 g/mol. The van der Waals surface area contributed by atoms with E-state index in [0.29, 0.717) is 5.75 Å². The minimum absolute atomic E-state index is 0.155. The Bertz CT molecular complexity index is 1420. The molecular formula is C29H30BNO5. The fourth-order valence-corrected chi connectivity index (χ4v) is 4.45. The second-order valence-electron chi connectivity index (χ2n) is 9.93. The van der Waals surface area contributed by atoms with Crippen LogP contribution in [-0.2, 0) is 18.8 Å². The summed E-state index contributed by atoms with van der Waals surface area (Å²) < 4.78 is 25.8. The van der Waals surface area contributed by atoms with Crippen LogP contribution in [0.1, 0.15) is 27.7 Å². The van der Waals surface area contributed by atoms with Gasteiger partial charge >= 0.3 is 13.1 Å². The molecule has 6 nitrogen and oxygen atoms in total. The number of fused-ring (bicyclic) bond motifs is 3. The summed E-state index contributed by atoms with van der Waals surface area (Å²) in [5.41, 5.74) is 3.27. The standard InChI is InChI=1S/C29H30BNO5/c1-6-27(32)34-17-16-33-22-13-15-24-23-14-12-20(30-35-28(2,3)29(4,5)36-30)18-25(23)31(26(24)19-22)21-10-8-7-9-11-21/h6-15,18-19H,1,16-17H2,2-5H3. The lowest BCUT2D eigenvalue weighted by atomic mass is 9.79. The lowest BCUT2D eigenvalue weighted by molar-refractivity contribution is -0.138. The van der Waals surface area contributed by atoms with Gasteiger partial charge in [-0.3, -0.25) is 0 Å². The summed E-state index contributed by atoms with van der Waals surface area (Å²) in [6.45, 7) is 12.1. The monoisotopic (exact) mass is 483 g/mol. The fraction of sp³-hybridized carbons (Fsp3) is 0.276. The Balaban J connectivity index is 1.57. The van der Waals surface area contributed by atoms with Crippen molar-refractivity contribution in [2.24, 2.45) is 0 Å². The Morgan fingerprint density at radius 1 is 0.917 bits per heavy atom. The van der Waals surface area contributed by atoms with E-state index in [0.717, 1.165) is 39.0 Å². The molecule has 1 aliphatic heterocycles. The first-order valence-corrected chi connectivity index (χ1v) is 12.1. The fourth-order valence-electron chi connectivity index (χ4n) is 4.45. The van der Waals surface area contributed by atoms with Crippen molar-refractivity contribution in [3.05, 3.63) is 79.4 Å². The van der Waals surface area contributed by atoms with Crippen molar-refractivity contribution in [2.45, 2.75) is 38.9 Å². The van der Waals surface area contributed by atoms with Gasteiger partial charge in [-0.05, 0) is 63.5 Å². The number of hydrogen-bond donors (Lipinski definition) is 0. The van der Waals surface area contributed by atoms with Crippen LogP contribution in [0, 0.1) is 0 Å². The van der Waals surface area contributed by atoms with Crippen LogP contribution in [0.5, 0.6) is 5.75 Å². The van der Waals surface area contributed by atoms with Gasteiger partial charge in [0.15, 0.2) is 0 Å². The minimum atomic E-state index is -0.462. The molecule has 184 valence electrons. The SMILES string of the molecule is C=CC(=O)OCCOc1ccc2c3ccc(B4OC(C)(C)C(C)(C)O4)cc3n(-c3ccccc3)c2c1. The van der Waals surface area contributed by atoms with Crippen LogP contribution in [0.3, 0.4) is 0 Å². The average Bonchev–Trinajstić information content (AvgIpc) is 3.30. The maximum Gasteiger partial charge on any atom is 0.494 e. The van der Waals surface area contributed by atoms with E-state index in [1.807, 2.05) is 30.3 Å². The number of carbonyl (C=O) groups excluding carboxylic acids is 1. The highest BCUT2D eigenvalue weighted by atomic mass is 16.7.